The van der Waals surface area contributed by atoms with Crippen LogP contribution in [0.1, 0.15) is 25.7 Å². The van der Waals surface area contributed by atoms with Crippen molar-refractivity contribution in [3.05, 3.63) is 0 Å². The van der Waals surface area contributed by atoms with Gasteiger partial charge in [-0.25, -0.2) is 0 Å². The van der Waals surface area contributed by atoms with Crippen molar-refractivity contribution in [1.82, 2.24) is 4.90 Å². The van der Waals surface area contributed by atoms with Gasteiger partial charge in [0.1, 0.15) is 0 Å². The van der Waals surface area contributed by atoms with Crippen LogP contribution in [0.3, 0.4) is 0 Å². The summed E-state index contributed by atoms with van der Waals surface area (Å²) in [6.07, 6.45) is 0.0966. The minimum absolute atomic E-state index is 0.412. The molecular formula is C11H21F3N2. The van der Waals surface area contributed by atoms with Crippen molar-refractivity contribution in [3.63, 3.8) is 0 Å². The fourth-order valence-corrected chi connectivity index (χ4v) is 2.46. The molecule has 16 heavy (non-hydrogen) atoms. The van der Waals surface area contributed by atoms with Crippen LogP contribution < -0.4 is 5.73 Å². The average Bonchev–Trinajstić information content (AvgIpc) is 2.16. The Morgan fingerprint density at radius 2 is 1.62 bits per heavy atom. The molecule has 2 N–H and O–H groups in total. The fourth-order valence-electron chi connectivity index (χ4n) is 2.46. The molecule has 1 rings (SSSR count). The van der Waals surface area contributed by atoms with E-state index in [4.69, 9.17) is 5.73 Å². The normalized spacial score (nSPS) is 27.4. The van der Waals surface area contributed by atoms with Gasteiger partial charge < -0.3 is 5.73 Å². The second-order valence-corrected chi connectivity index (χ2v) is 4.93. The van der Waals surface area contributed by atoms with E-state index in [1.54, 1.807) is 7.05 Å². The molecule has 0 spiro atoms. The van der Waals surface area contributed by atoms with Crippen LogP contribution in [0.15, 0.2) is 0 Å². The van der Waals surface area contributed by atoms with Crippen LogP contribution >= 0.6 is 0 Å². The summed E-state index contributed by atoms with van der Waals surface area (Å²) >= 11 is 0. The summed E-state index contributed by atoms with van der Waals surface area (Å²) in [6, 6.07) is 0. The van der Waals surface area contributed by atoms with Gasteiger partial charge in [-0.05, 0) is 51.1 Å². The first-order chi connectivity index (χ1) is 7.40. The molecule has 1 saturated carbocycles. The predicted molar refractivity (Wildman–Crippen MR) is 58.1 cm³/mol. The number of halogens is 3. The summed E-state index contributed by atoms with van der Waals surface area (Å²) < 4.78 is 36.4. The van der Waals surface area contributed by atoms with E-state index in [0.717, 1.165) is 25.7 Å². The van der Waals surface area contributed by atoms with Crippen LogP contribution in [-0.2, 0) is 0 Å². The molecule has 0 heterocycles. The number of hydrogen-bond acceptors (Lipinski definition) is 2. The number of rotatable bonds is 4. The molecule has 0 saturated heterocycles. The van der Waals surface area contributed by atoms with E-state index in [2.05, 4.69) is 0 Å². The maximum absolute atomic E-state index is 12.1. The zero-order valence-corrected chi connectivity index (χ0v) is 9.76. The summed E-state index contributed by atoms with van der Waals surface area (Å²) in [5.74, 6) is 0.999. The molecular weight excluding hydrogens is 217 g/mol. The predicted octanol–water partition coefficient (Wildman–Crippen LogP) is 2.25. The molecule has 0 radical (unpaired) electrons. The van der Waals surface area contributed by atoms with Crippen LogP contribution in [0.25, 0.3) is 0 Å². The van der Waals surface area contributed by atoms with E-state index in [1.165, 1.54) is 4.90 Å². The highest BCUT2D eigenvalue weighted by atomic mass is 19.4. The lowest BCUT2D eigenvalue weighted by Gasteiger charge is -2.31. The monoisotopic (exact) mass is 238 g/mol. The van der Waals surface area contributed by atoms with E-state index in [0.29, 0.717) is 24.9 Å². The molecule has 0 atom stereocenters. The van der Waals surface area contributed by atoms with E-state index < -0.39 is 12.7 Å². The van der Waals surface area contributed by atoms with E-state index in [1.807, 2.05) is 0 Å². The summed E-state index contributed by atoms with van der Waals surface area (Å²) in [5.41, 5.74) is 5.57. The number of nitrogens with two attached hydrogens (primary N) is 1. The molecule has 0 amide bonds. The Balaban J connectivity index is 2.23. The van der Waals surface area contributed by atoms with Gasteiger partial charge in [0.15, 0.2) is 0 Å². The summed E-state index contributed by atoms with van der Waals surface area (Å²) in [5, 5.41) is 0. The SMILES string of the molecule is CN(CC1CCC(CN)CC1)CC(F)(F)F. The zero-order valence-electron chi connectivity index (χ0n) is 9.76. The molecule has 1 aliphatic rings. The summed E-state index contributed by atoms with van der Waals surface area (Å²) in [7, 11) is 1.54. The smallest absolute Gasteiger partial charge is 0.330 e. The van der Waals surface area contributed by atoms with Gasteiger partial charge in [0, 0.05) is 6.54 Å². The van der Waals surface area contributed by atoms with Gasteiger partial charge in [-0.15, -0.1) is 0 Å². The number of hydrogen-bond donors (Lipinski definition) is 1. The van der Waals surface area contributed by atoms with Crippen LogP contribution in [0.2, 0.25) is 0 Å². The summed E-state index contributed by atoms with van der Waals surface area (Å²) in [4.78, 5) is 1.38. The Bertz CT molecular complexity index is 198. The molecule has 0 unspecified atom stereocenters. The molecule has 0 aromatic carbocycles. The lowest BCUT2D eigenvalue weighted by atomic mass is 9.82. The second-order valence-electron chi connectivity index (χ2n) is 4.93. The van der Waals surface area contributed by atoms with Crippen LogP contribution in [0, 0.1) is 11.8 Å². The topological polar surface area (TPSA) is 29.3 Å². The lowest BCUT2D eigenvalue weighted by Crippen LogP contribution is -2.36. The number of alkyl halides is 3. The summed E-state index contributed by atoms with van der Waals surface area (Å²) in [6.45, 7) is 0.464. The Morgan fingerprint density at radius 3 is 2.06 bits per heavy atom. The molecule has 96 valence electrons. The van der Waals surface area contributed by atoms with Gasteiger partial charge in [0.05, 0.1) is 6.54 Å². The Kier molecular flexibility index (Phi) is 5.05. The minimum Gasteiger partial charge on any atom is -0.330 e. The van der Waals surface area contributed by atoms with Crippen molar-refractivity contribution in [2.45, 2.75) is 31.9 Å². The van der Waals surface area contributed by atoms with Crippen LogP contribution in [-0.4, -0.2) is 37.8 Å². The highest BCUT2D eigenvalue weighted by Gasteiger charge is 2.30. The van der Waals surface area contributed by atoms with Crippen molar-refractivity contribution in [3.8, 4) is 0 Å². The molecule has 0 aromatic rings. The Morgan fingerprint density at radius 1 is 1.12 bits per heavy atom. The number of nitrogens with zero attached hydrogens (tertiary/aromatic N) is 1. The third kappa shape index (κ3) is 5.16. The minimum atomic E-state index is -4.08. The van der Waals surface area contributed by atoms with Crippen molar-refractivity contribution in [2.24, 2.45) is 17.6 Å². The third-order valence-corrected chi connectivity index (χ3v) is 3.32. The van der Waals surface area contributed by atoms with Crippen LogP contribution in [0.5, 0.6) is 0 Å². The van der Waals surface area contributed by atoms with E-state index in [-0.39, 0.29) is 0 Å². The Labute approximate surface area is 95.0 Å². The first-order valence-electron chi connectivity index (χ1n) is 5.86. The van der Waals surface area contributed by atoms with Crippen LogP contribution in [0.4, 0.5) is 13.2 Å². The van der Waals surface area contributed by atoms with Crippen molar-refractivity contribution < 1.29 is 13.2 Å². The molecule has 1 aliphatic carbocycles. The second kappa shape index (κ2) is 5.87. The zero-order chi connectivity index (χ0) is 12.2. The molecule has 5 heteroatoms. The third-order valence-electron chi connectivity index (χ3n) is 3.32. The first-order valence-corrected chi connectivity index (χ1v) is 5.86. The largest absolute Gasteiger partial charge is 0.401 e. The van der Waals surface area contributed by atoms with Crippen molar-refractivity contribution in [1.29, 1.82) is 0 Å². The van der Waals surface area contributed by atoms with Gasteiger partial charge >= 0.3 is 6.18 Å². The van der Waals surface area contributed by atoms with Gasteiger partial charge in [-0.3, -0.25) is 4.90 Å². The lowest BCUT2D eigenvalue weighted by molar-refractivity contribution is -0.144. The molecule has 0 aromatic heterocycles. The van der Waals surface area contributed by atoms with Gasteiger partial charge in [-0.2, -0.15) is 13.2 Å². The molecule has 0 aliphatic heterocycles. The standard InChI is InChI=1S/C11H21F3N2/c1-16(8-11(12,13)14)7-10-4-2-9(6-15)3-5-10/h9-10H,2-8,15H2,1H3. The van der Waals surface area contributed by atoms with Crippen molar-refractivity contribution >= 4 is 0 Å². The highest BCUT2D eigenvalue weighted by Crippen LogP contribution is 2.29. The molecule has 0 bridgehead atoms. The van der Waals surface area contributed by atoms with Crippen molar-refractivity contribution in [2.75, 3.05) is 26.7 Å². The fraction of sp³-hybridized carbons (Fsp3) is 1.00. The van der Waals surface area contributed by atoms with E-state index >= 15 is 0 Å². The van der Waals surface area contributed by atoms with Gasteiger partial charge in [0.2, 0.25) is 0 Å². The average molecular weight is 238 g/mol. The quantitative estimate of drug-likeness (QED) is 0.814. The first kappa shape index (κ1) is 13.8. The molecule has 2 nitrogen and oxygen atoms in total. The maximum atomic E-state index is 12.1. The Hall–Kier alpha value is -0.290. The van der Waals surface area contributed by atoms with Gasteiger partial charge in [0.25, 0.3) is 0 Å². The van der Waals surface area contributed by atoms with E-state index in [9.17, 15) is 13.2 Å². The molecule has 1 fully saturated rings. The maximum Gasteiger partial charge on any atom is 0.401 e. The highest BCUT2D eigenvalue weighted by molar-refractivity contribution is 4.75. The van der Waals surface area contributed by atoms with Gasteiger partial charge in [-0.1, -0.05) is 0 Å².